The van der Waals surface area contributed by atoms with E-state index >= 15 is 0 Å². The Labute approximate surface area is 105 Å². The molecule has 1 N–H and O–H groups in total. The van der Waals surface area contributed by atoms with E-state index in [0.717, 1.165) is 5.56 Å². The molecule has 0 bridgehead atoms. The van der Waals surface area contributed by atoms with E-state index in [4.69, 9.17) is 0 Å². The van der Waals surface area contributed by atoms with Crippen molar-refractivity contribution in [3.63, 3.8) is 0 Å². The first-order chi connectivity index (χ1) is 7.91. The third-order valence-corrected chi connectivity index (χ3v) is 3.26. The predicted molar refractivity (Wildman–Crippen MR) is 74.4 cm³/mol. The highest BCUT2D eigenvalue weighted by molar-refractivity contribution is 5.47. The minimum atomic E-state index is -0.387. The highest BCUT2D eigenvalue weighted by Crippen LogP contribution is 2.21. The summed E-state index contributed by atoms with van der Waals surface area (Å²) in [7, 11) is 2.13. The molecule has 17 heavy (non-hydrogen) atoms. The first-order valence-electron chi connectivity index (χ1n) is 6.42. The number of aliphatic hydroxyl groups excluding tert-OH is 1. The van der Waals surface area contributed by atoms with Crippen molar-refractivity contribution in [2.45, 2.75) is 46.3 Å². The maximum atomic E-state index is 9.47. The molecule has 1 aromatic rings. The van der Waals surface area contributed by atoms with Crippen LogP contribution in [0.3, 0.4) is 0 Å². The summed E-state index contributed by atoms with van der Waals surface area (Å²) in [5.74, 6) is 0.712. The molecule has 0 radical (unpaired) electrons. The monoisotopic (exact) mass is 235 g/mol. The predicted octanol–water partition coefficient (Wildman–Crippen LogP) is 3.61. The van der Waals surface area contributed by atoms with Crippen LogP contribution in [0.2, 0.25) is 0 Å². The van der Waals surface area contributed by atoms with Gasteiger partial charge >= 0.3 is 0 Å². The summed E-state index contributed by atoms with van der Waals surface area (Å²) >= 11 is 0. The van der Waals surface area contributed by atoms with Gasteiger partial charge in [-0.25, -0.2) is 0 Å². The van der Waals surface area contributed by atoms with Gasteiger partial charge in [0.1, 0.15) is 0 Å². The summed E-state index contributed by atoms with van der Waals surface area (Å²) in [6.45, 7) is 8.55. The summed E-state index contributed by atoms with van der Waals surface area (Å²) in [5.41, 5.74) is 2.18. The molecule has 0 aromatic heterocycles. The van der Waals surface area contributed by atoms with Crippen LogP contribution in [-0.4, -0.2) is 18.2 Å². The van der Waals surface area contributed by atoms with E-state index in [1.807, 2.05) is 12.1 Å². The average Bonchev–Trinajstić information content (AvgIpc) is 2.27. The van der Waals surface area contributed by atoms with Gasteiger partial charge in [0.25, 0.3) is 0 Å². The SMILES string of the molecule is CC(C)CC(C)N(C)c1ccc([C@@H](C)O)cc1. The van der Waals surface area contributed by atoms with Crippen LogP contribution in [-0.2, 0) is 0 Å². The molecule has 1 rings (SSSR count). The van der Waals surface area contributed by atoms with Crippen molar-refractivity contribution < 1.29 is 5.11 Å². The molecule has 1 unspecified atom stereocenters. The van der Waals surface area contributed by atoms with Gasteiger partial charge < -0.3 is 10.0 Å². The fourth-order valence-corrected chi connectivity index (χ4v) is 2.08. The van der Waals surface area contributed by atoms with Crippen LogP contribution in [0, 0.1) is 5.92 Å². The van der Waals surface area contributed by atoms with Crippen molar-refractivity contribution >= 4 is 5.69 Å². The summed E-state index contributed by atoms with van der Waals surface area (Å²) < 4.78 is 0. The highest BCUT2D eigenvalue weighted by atomic mass is 16.3. The van der Waals surface area contributed by atoms with Crippen molar-refractivity contribution in [2.24, 2.45) is 5.92 Å². The minimum absolute atomic E-state index is 0.387. The zero-order valence-electron chi connectivity index (χ0n) is 11.6. The normalized spacial score (nSPS) is 14.8. The first-order valence-corrected chi connectivity index (χ1v) is 6.42. The van der Waals surface area contributed by atoms with Crippen molar-refractivity contribution in [2.75, 3.05) is 11.9 Å². The Kier molecular flexibility index (Phi) is 5.01. The third-order valence-electron chi connectivity index (χ3n) is 3.26. The molecule has 0 saturated heterocycles. The molecule has 0 aliphatic carbocycles. The van der Waals surface area contributed by atoms with E-state index in [9.17, 15) is 5.11 Å². The van der Waals surface area contributed by atoms with Gasteiger partial charge in [-0.3, -0.25) is 0 Å². The second-order valence-electron chi connectivity index (χ2n) is 5.36. The molecule has 2 nitrogen and oxygen atoms in total. The fourth-order valence-electron chi connectivity index (χ4n) is 2.08. The van der Waals surface area contributed by atoms with Gasteiger partial charge in [0, 0.05) is 18.8 Å². The Bertz CT molecular complexity index is 329. The molecule has 96 valence electrons. The van der Waals surface area contributed by atoms with Gasteiger partial charge in [-0.1, -0.05) is 26.0 Å². The largest absolute Gasteiger partial charge is 0.389 e. The molecule has 0 aliphatic heterocycles. The first kappa shape index (κ1) is 14.0. The van der Waals surface area contributed by atoms with Gasteiger partial charge in [-0.05, 0) is 43.9 Å². The van der Waals surface area contributed by atoms with Gasteiger partial charge in [-0.15, -0.1) is 0 Å². The summed E-state index contributed by atoms with van der Waals surface area (Å²) in [6, 6.07) is 8.70. The number of anilines is 1. The van der Waals surface area contributed by atoms with Gasteiger partial charge in [0.2, 0.25) is 0 Å². The zero-order valence-corrected chi connectivity index (χ0v) is 11.6. The quantitative estimate of drug-likeness (QED) is 0.842. The fraction of sp³-hybridized carbons (Fsp3) is 0.600. The number of aliphatic hydroxyl groups is 1. The van der Waals surface area contributed by atoms with E-state index < -0.39 is 0 Å². The number of hydrogen-bond acceptors (Lipinski definition) is 2. The molecule has 0 spiro atoms. The van der Waals surface area contributed by atoms with E-state index in [0.29, 0.717) is 12.0 Å². The van der Waals surface area contributed by atoms with Crippen LogP contribution in [0.25, 0.3) is 0 Å². The molecule has 0 amide bonds. The third kappa shape index (κ3) is 4.04. The van der Waals surface area contributed by atoms with Crippen LogP contribution < -0.4 is 4.90 Å². The summed E-state index contributed by atoms with van der Waals surface area (Å²) in [4.78, 5) is 2.30. The lowest BCUT2D eigenvalue weighted by Crippen LogP contribution is -2.29. The Balaban J connectivity index is 2.72. The van der Waals surface area contributed by atoms with Crippen molar-refractivity contribution in [1.29, 1.82) is 0 Å². The second kappa shape index (κ2) is 6.06. The van der Waals surface area contributed by atoms with E-state index in [1.54, 1.807) is 6.92 Å². The standard InChI is InChI=1S/C15H25NO/c1-11(2)10-12(3)16(5)15-8-6-14(7-9-15)13(4)17/h6-9,11-13,17H,10H2,1-5H3/t12?,13-/m1/s1. The zero-order chi connectivity index (χ0) is 13.0. The molecule has 0 fully saturated rings. The van der Waals surface area contributed by atoms with Crippen molar-refractivity contribution in [1.82, 2.24) is 0 Å². The van der Waals surface area contributed by atoms with Gasteiger partial charge in [-0.2, -0.15) is 0 Å². The molecule has 2 atom stereocenters. The molecule has 0 heterocycles. The Morgan fingerprint density at radius 1 is 1.06 bits per heavy atom. The highest BCUT2D eigenvalue weighted by Gasteiger charge is 2.11. The number of hydrogen-bond donors (Lipinski definition) is 1. The van der Waals surface area contributed by atoms with Gasteiger partial charge in [0.15, 0.2) is 0 Å². The summed E-state index contributed by atoms with van der Waals surface area (Å²) in [6.07, 6.45) is 0.803. The second-order valence-corrected chi connectivity index (χ2v) is 5.36. The average molecular weight is 235 g/mol. The molecule has 0 saturated carbocycles. The van der Waals surface area contributed by atoms with Crippen LogP contribution in [0.5, 0.6) is 0 Å². The maximum Gasteiger partial charge on any atom is 0.0761 e. The van der Waals surface area contributed by atoms with Crippen molar-refractivity contribution in [3.8, 4) is 0 Å². The van der Waals surface area contributed by atoms with Crippen molar-refractivity contribution in [3.05, 3.63) is 29.8 Å². The lowest BCUT2D eigenvalue weighted by molar-refractivity contribution is 0.199. The number of nitrogens with zero attached hydrogens (tertiary/aromatic N) is 1. The summed E-state index contributed by atoms with van der Waals surface area (Å²) in [5, 5.41) is 9.47. The lowest BCUT2D eigenvalue weighted by Gasteiger charge is -2.28. The van der Waals surface area contributed by atoms with Gasteiger partial charge in [0.05, 0.1) is 6.10 Å². The molecular formula is C15H25NO. The molecule has 0 aliphatic rings. The Morgan fingerprint density at radius 3 is 2.00 bits per heavy atom. The number of rotatable bonds is 5. The lowest BCUT2D eigenvalue weighted by atomic mass is 10.0. The topological polar surface area (TPSA) is 23.5 Å². The smallest absolute Gasteiger partial charge is 0.0761 e. The van der Waals surface area contributed by atoms with Crippen LogP contribution >= 0.6 is 0 Å². The van der Waals surface area contributed by atoms with Crippen LogP contribution in [0.1, 0.15) is 45.8 Å². The van der Waals surface area contributed by atoms with E-state index in [-0.39, 0.29) is 6.10 Å². The van der Waals surface area contributed by atoms with E-state index in [2.05, 4.69) is 44.9 Å². The van der Waals surface area contributed by atoms with Crippen LogP contribution in [0.4, 0.5) is 5.69 Å². The van der Waals surface area contributed by atoms with Crippen LogP contribution in [0.15, 0.2) is 24.3 Å². The number of benzene rings is 1. The molecule has 1 aromatic carbocycles. The molecule has 2 heteroatoms. The Morgan fingerprint density at radius 2 is 1.59 bits per heavy atom. The van der Waals surface area contributed by atoms with E-state index in [1.165, 1.54) is 12.1 Å². The minimum Gasteiger partial charge on any atom is -0.389 e. The molecular weight excluding hydrogens is 210 g/mol. The Hall–Kier alpha value is -1.02. The maximum absolute atomic E-state index is 9.47.